The maximum atomic E-state index is 4.52. The van der Waals surface area contributed by atoms with E-state index in [-0.39, 0.29) is 0 Å². The molecule has 2 heterocycles. The number of hydrogen-bond acceptors (Lipinski definition) is 3. The maximum Gasteiger partial charge on any atom is 0.0578 e. The first kappa shape index (κ1) is 12.5. The van der Waals surface area contributed by atoms with E-state index in [0.29, 0.717) is 18.0 Å². The Bertz CT molecular complexity index is 337. The zero-order chi connectivity index (χ0) is 12.3. The van der Waals surface area contributed by atoms with Crippen LogP contribution in [0.3, 0.4) is 0 Å². The largest absolute Gasteiger partial charge is 0.314 e. The SMILES string of the molecule is CC(C)NCC1CCN(C)C1c1ccccn1. The van der Waals surface area contributed by atoms with Crippen molar-refractivity contribution in [1.29, 1.82) is 0 Å². The highest BCUT2D eigenvalue weighted by molar-refractivity contribution is 5.12. The predicted octanol–water partition coefficient (Wildman–Crippen LogP) is 2.07. The van der Waals surface area contributed by atoms with Crippen LogP contribution in [0.4, 0.5) is 0 Å². The predicted molar refractivity (Wildman–Crippen MR) is 70.9 cm³/mol. The summed E-state index contributed by atoms with van der Waals surface area (Å²) in [6, 6.07) is 7.25. The molecule has 3 nitrogen and oxygen atoms in total. The van der Waals surface area contributed by atoms with E-state index < -0.39 is 0 Å². The molecule has 2 rings (SSSR count). The van der Waals surface area contributed by atoms with Crippen molar-refractivity contribution in [3.05, 3.63) is 30.1 Å². The minimum Gasteiger partial charge on any atom is -0.314 e. The average Bonchev–Trinajstić information content (AvgIpc) is 2.69. The molecule has 1 aromatic heterocycles. The summed E-state index contributed by atoms with van der Waals surface area (Å²) in [4.78, 5) is 6.94. The summed E-state index contributed by atoms with van der Waals surface area (Å²) in [6.45, 7) is 6.66. The van der Waals surface area contributed by atoms with E-state index in [1.165, 1.54) is 18.7 Å². The fraction of sp³-hybridized carbons (Fsp3) is 0.643. The van der Waals surface area contributed by atoms with E-state index in [1.54, 1.807) is 0 Å². The second-order valence-electron chi connectivity index (χ2n) is 5.29. The molecule has 0 aromatic carbocycles. The normalized spacial score (nSPS) is 25.6. The van der Waals surface area contributed by atoms with Gasteiger partial charge in [0.2, 0.25) is 0 Å². The number of pyridine rings is 1. The van der Waals surface area contributed by atoms with Crippen LogP contribution in [0.2, 0.25) is 0 Å². The van der Waals surface area contributed by atoms with Gasteiger partial charge in [-0.1, -0.05) is 19.9 Å². The zero-order valence-corrected chi connectivity index (χ0v) is 11.1. The van der Waals surface area contributed by atoms with Gasteiger partial charge in [-0.25, -0.2) is 0 Å². The number of hydrogen-bond donors (Lipinski definition) is 1. The molecule has 1 N–H and O–H groups in total. The molecule has 0 aliphatic carbocycles. The molecule has 1 aliphatic rings. The van der Waals surface area contributed by atoms with Crippen LogP contribution in [0.15, 0.2) is 24.4 Å². The van der Waals surface area contributed by atoms with Crippen molar-refractivity contribution in [1.82, 2.24) is 15.2 Å². The molecule has 0 radical (unpaired) electrons. The van der Waals surface area contributed by atoms with Crippen molar-refractivity contribution in [3.8, 4) is 0 Å². The maximum absolute atomic E-state index is 4.52. The quantitative estimate of drug-likeness (QED) is 0.863. The van der Waals surface area contributed by atoms with E-state index in [0.717, 1.165) is 6.54 Å². The minimum absolute atomic E-state index is 0.474. The highest BCUT2D eigenvalue weighted by atomic mass is 15.2. The molecule has 3 heteroatoms. The monoisotopic (exact) mass is 233 g/mol. The third kappa shape index (κ3) is 3.05. The standard InChI is InChI=1S/C14H23N3/c1-11(2)16-10-12-7-9-17(3)14(12)13-6-4-5-8-15-13/h4-6,8,11-12,14,16H,7,9-10H2,1-3H3. The van der Waals surface area contributed by atoms with E-state index in [1.807, 2.05) is 12.3 Å². The van der Waals surface area contributed by atoms with Gasteiger partial charge in [0.05, 0.1) is 11.7 Å². The first-order valence-corrected chi connectivity index (χ1v) is 6.53. The molecule has 1 saturated heterocycles. The summed E-state index contributed by atoms with van der Waals surface area (Å²) in [5, 5.41) is 3.55. The molecule has 1 aromatic rings. The topological polar surface area (TPSA) is 28.2 Å². The van der Waals surface area contributed by atoms with Gasteiger partial charge in [0.15, 0.2) is 0 Å². The molecule has 2 unspecified atom stereocenters. The third-order valence-corrected chi connectivity index (χ3v) is 3.55. The first-order chi connectivity index (χ1) is 8.18. The van der Waals surface area contributed by atoms with Crippen molar-refractivity contribution in [2.45, 2.75) is 32.4 Å². The van der Waals surface area contributed by atoms with Gasteiger partial charge in [0.1, 0.15) is 0 Å². The fourth-order valence-corrected chi connectivity index (χ4v) is 2.65. The van der Waals surface area contributed by atoms with Gasteiger partial charge >= 0.3 is 0 Å². The third-order valence-electron chi connectivity index (χ3n) is 3.55. The first-order valence-electron chi connectivity index (χ1n) is 6.53. The van der Waals surface area contributed by atoms with Crippen molar-refractivity contribution >= 4 is 0 Å². The molecule has 0 spiro atoms. The molecule has 0 amide bonds. The Morgan fingerprint density at radius 1 is 1.47 bits per heavy atom. The smallest absolute Gasteiger partial charge is 0.0578 e. The summed E-state index contributed by atoms with van der Waals surface area (Å²) in [6.07, 6.45) is 3.16. The molecular weight excluding hydrogens is 210 g/mol. The van der Waals surface area contributed by atoms with Crippen LogP contribution in [0.5, 0.6) is 0 Å². The molecule has 17 heavy (non-hydrogen) atoms. The second kappa shape index (κ2) is 5.61. The van der Waals surface area contributed by atoms with Gasteiger partial charge in [0.25, 0.3) is 0 Å². The van der Waals surface area contributed by atoms with Crippen LogP contribution < -0.4 is 5.32 Å². The molecule has 0 bridgehead atoms. The zero-order valence-electron chi connectivity index (χ0n) is 11.1. The second-order valence-corrected chi connectivity index (χ2v) is 5.29. The summed E-state index contributed by atoms with van der Waals surface area (Å²) in [5.41, 5.74) is 1.21. The molecule has 1 aliphatic heterocycles. The molecule has 0 saturated carbocycles. The fourth-order valence-electron chi connectivity index (χ4n) is 2.65. The van der Waals surface area contributed by atoms with Gasteiger partial charge in [-0.05, 0) is 38.1 Å². The van der Waals surface area contributed by atoms with Crippen LogP contribution in [0.1, 0.15) is 32.0 Å². The molecule has 94 valence electrons. The summed E-state index contributed by atoms with van der Waals surface area (Å²) >= 11 is 0. The van der Waals surface area contributed by atoms with Crippen LogP contribution in [-0.4, -0.2) is 36.1 Å². The van der Waals surface area contributed by atoms with Gasteiger partial charge in [-0.2, -0.15) is 0 Å². The van der Waals surface area contributed by atoms with Crippen LogP contribution in [0.25, 0.3) is 0 Å². The lowest BCUT2D eigenvalue weighted by atomic mass is 9.97. The number of likely N-dealkylation sites (tertiary alicyclic amines) is 1. The Morgan fingerprint density at radius 3 is 2.94 bits per heavy atom. The lowest BCUT2D eigenvalue weighted by molar-refractivity contribution is 0.264. The van der Waals surface area contributed by atoms with E-state index in [4.69, 9.17) is 0 Å². The van der Waals surface area contributed by atoms with Crippen molar-refractivity contribution in [2.75, 3.05) is 20.1 Å². The Hall–Kier alpha value is -0.930. The summed E-state index contributed by atoms with van der Waals surface area (Å²) in [5.74, 6) is 0.678. The van der Waals surface area contributed by atoms with E-state index >= 15 is 0 Å². The lowest BCUT2D eigenvalue weighted by Crippen LogP contribution is -2.32. The minimum atomic E-state index is 0.474. The van der Waals surface area contributed by atoms with E-state index in [2.05, 4.69) is 48.2 Å². The number of nitrogens with one attached hydrogen (secondary N) is 1. The lowest BCUT2D eigenvalue weighted by Gasteiger charge is -2.25. The van der Waals surface area contributed by atoms with Gasteiger partial charge in [-0.3, -0.25) is 9.88 Å². The van der Waals surface area contributed by atoms with Gasteiger partial charge in [0, 0.05) is 18.8 Å². The molecule has 1 fully saturated rings. The number of rotatable bonds is 4. The molecule has 2 atom stereocenters. The molecular formula is C14H23N3. The Labute approximate surface area is 104 Å². The van der Waals surface area contributed by atoms with Crippen molar-refractivity contribution < 1.29 is 0 Å². The Morgan fingerprint density at radius 2 is 2.29 bits per heavy atom. The van der Waals surface area contributed by atoms with Crippen LogP contribution in [0, 0.1) is 5.92 Å². The Kier molecular flexibility index (Phi) is 4.13. The van der Waals surface area contributed by atoms with Crippen molar-refractivity contribution in [3.63, 3.8) is 0 Å². The summed E-state index contributed by atoms with van der Waals surface area (Å²) < 4.78 is 0. The van der Waals surface area contributed by atoms with Gasteiger partial charge in [-0.15, -0.1) is 0 Å². The Balaban J connectivity index is 2.07. The van der Waals surface area contributed by atoms with Crippen molar-refractivity contribution in [2.24, 2.45) is 5.92 Å². The van der Waals surface area contributed by atoms with E-state index in [9.17, 15) is 0 Å². The number of nitrogens with zero attached hydrogens (tertiary/aromatic N) is 2. The van der Waals surface area contributed by atoms with Gasteiger partial charge < -0.3 is 5.32 Å². The highest BCUT2D eigenvalue weighted by Gasteiger charge is 2.33. The van der Waals surface area contributed by atoms with Crippen LogP contribution in [-0.2, 0) is 0 Å². The highest BCUT2D eigenvalue weighted by Crippen LogP contribution is 2.34. The van der Waals surface area contributed by atoms with Crippen LogP contribution >= 0.6 is 0 Å². The average molecular weight is 233 g/mol. The summed E-state index contributed by atoms with van der Waals surface area (Å²) in [7, 11) is 2.20. The number of aromatic nitrogens is 1.